The van der Waals surface area contributed by atoms with Gasteiger partial charge in [0.1, 0.15) is 12.2 Å². The van der Waals surface area contributed by atoms with Crippen LogP contribution in [0.4, 0.5) is 0 Å². The fraction of sp³-hybridized carbons (Fsp3) is 0.200. The third kappa shape index (κ3) is 3.39. The molecular formula is C20H20O4S. The number of hydrogen-bond acceptors (Lipinski definition) is 5. The SMILES string of the molecule is COc1c(C(O)c2ccccc2)sc(C(O)c2ccccc2)c1OC. The van der Waals surface area contributed by atoms with Gasteiger partial charge in [0.15, 0.2) is 11.5 Å². The third-order valence-electron chi connectivity index (χ3n) is 4.01. The van der Waals surface area contributed by atoms with Crippen molar-refractivity contribution in [1.82, 2.24) is 0 Å². The number of rotatable bonds is 6. The molecule has 4 nitrogen and oxygen atoms in total. The molecule has 0 aliphatic heterocycles. The molecule has 1 aromatic heterocycles. The number of hydrogen-bond donors (Lipinski definition) is 2. The van der Waals surface area contributed by atoms with Crippen LogP contribution in [0.3, 0.4) is 0 Å². The van der Waals surface area contributed by atoms with E-state index in [1.54, 1.807) is 0 Å². The lowest BCUT2D eigenvalue weighted by atomic mass is 10.1. The van der Waals surface area contributed by atoms with Crippen LogP contribution in [-0.4, -0.2) is 24.4 Å². The number of methoxy groups -OCH3 is 2. The molecule has 0 fully saturated rings. The van der Waals surface area contributed by atoms with Crippen molar-refractivity contribution in [2.24, 2.45) is 0 Å². The largest absolute Gasteiger partial charge is 0.492 e. The lowest BCUT2D eigenvalue weighted by molar-refractivity contribution is 0.215. The topological polar surface area (TPSA) is 58.9 Å². The van der Waals surface area contributed by atoms with E-state index < -0.39 is 12.2 Å². The van der Waals surface area contributed by atoms with E-state index in [0.717, 1.165) is 11.1 Å². The Balaban J connectivity index is 2.07. The van der Waals surface area contributed by atoms with Gasteiger partial charge in [0.25, 0.3) is 0 Å². The van der Waals surface area contributed by atoms with Crippen molar-refractivity contribution < 1.29 is 19.7 Å². The summed E-state index contributed by atoms with van der Waals surface area (Å²) in [6.07, 6.45) is -1.71. The van der Waals surface area contributed by atoms with Crippen molar-refractivity contribution >= 4 is 11.3 Å². The molecular weight excluding hydrogens is 336 g/mol. The Morgan fingerprint density at radius 3 is 1.36 bits per heavy atom. The molecule has 0 aliphatic carbocycles. The second-order valence-electron chi connectivity index (χ2n) is 5.52. The Morgan fingerprint density at radius 1 is 0.680 bits per heavy atom. The highest BCUT2D eigenvalue weighted by atomic mass is 32.1. The van der Waals surface area contributed by atoms with Crippen LogP contribution < -0.4 is 9.47 Å². The highest BCUT2D eigenvalue weighted by Gasteiger charge is 2.29. The Bertz CT molecular complexity index is 746. The maximum atomic E-state index is 10.8. The molecule has 5 heteroatoms. The van der Waals surface area contributed by atoms with Gasteiger partial charge in [-0.3, -0.25) is 0 Å². The highest BCUT2D eigenvalue weighted by molar-refractivity contribution is 7.13. The minimum atomic E-state index is -0.855. The van der Waals surface area contributed by atoms with Gasteiger partial charge in [-0.05, 0) is 11.1 Å². The van der Waals surface area contributed by atoms with Crippen molar-refractivity contribution in [1.29, 1.82) is 0 Å². The molecule has 2 aromatic carbocycles. The maximum Gasteiger partial charge on any atom is 0.178 e. The van der Waals surface area contributed by atoms with Crippen molar-refractivity contribution in [2.75, 3.05) is 14.2 Å². The number of ether oxygens (including phenoxy) is 2. The van der Waals surface area contributed by atoms with Crippen LogP contribution in [0.2, 0.25) is 0 Å². The molecule has 0 saturated carbocycles. The molecule has 3 rings (SSSR count). The Labute approximate surface area is 150 Å². The maximum absolute atomic E-state index is 10.8. The van der Waals surface area contributed by atoms with Gasteiger partial charge in [0.2, 0.25) is 0 Å². The van der Waals surface area contributed by atoms with Gasteiger partial charge in [-0.1, -0.05) is 60.7 Å². The van der Waals surface area contributed by atoms with Gasteiger partial charge in [-0.2, -0.15) is 0 Å². The normalized spacial score (nSPS) is 13.3. The number of benzene rings is 2. The van der Waals surface area contributed by atoms with Crippen LogP contribution >= 0.6 is 11.3 Å². The first-order valence-electron chi connectivity index (χ1n) is 7.88. The van der Waals surface area contributed by atoms with Gasteiger partial charge in [0, 0.05) is 0 Å². The monoisotopic (exact) mass is 356 g/mol. The predicted octanol–water partition coefficient (Wildman–Crippen LogP) is 3.93. The molecule has 0 spiro atoms. The molecule has 2 atom stereocenters. The summed E-state index contributed by atoms with van der Waals surface area (Å²) in [5.41, 5.74) is 1.51. The van der Waals surface area contributed by atoms with Gasteiger partial charge >= 0.3 is 0 Å². The average molecular weight is 356 g/mol. The zero-order valence-electron chi connectivity index (χ0n) is 14.0. The van der Waals surface area contributed by atoms with Gasteiger partial charge in [-0.25, -0.2) is 0 Å². The molecule has 0 amide bonds. The quantitative estimate of drug-likeness (QED) is 0.703. The second-order valence-corrected chi connectivity index (χ2v) is 6.61. The first kappa shape index (κ1) is 17.5. The van der Waals surface area contributed by atoms with E-state index in [1.165, 1.54) is 25.6 Å². The minimum Gasteiger partial charge on any atom is -0.492 e. The van der Waals surface area contributed by atoms with Crippen LogP contribution in [0.5, 0.6) is 11.5 Å². The zero-order chi connectivity index (χ0) is 17.8. The van der Waals surface area contributed by atoms with Crippen molar-refractivity contribution in [3.05, 3.63) is 81.5 Å². The van der Waals surface area contributed by atoms with Crippen LogP contribution in [0.25, 0.3) is 0 Å². The Hall–Kier alpha value is -2.34. The molecule has 0 saturated heterocycles. The molecule has 1 heterocycles. The number of thiophene rings is 1. The fourth-order valence-electron chi connectivity index (χ4n) is 2.75. The summed E-state index contributed by atoms with van der Waals surface area (Å²) in [7, 11) is 3.06. The van der Waals surface area contributed by atoms with E-state index in [-0.39, 0.29) is 0 Å². The van der Waals surface area contributed by atoms with Crippen LogP contribution in [-0.2, 0) is 0 Å². The molecule has 0 radical (unpaired) electrons. The summed E-state index contributed by atoms with van der Waals surface area (Å²) in [6, 6.07) is 18.7. The molecule has 3 aromatic rings. The molecule has 2 unspecified atom stereocenters. The summed E-state index contributed by atoms with van der Waals surface area (Å²) in [6.45, 7) is 0. The lowest BCUT2D eigenvalue weighted by Gasteiger charge is -2.12. The Kier molecular flexibility index (Phi) is 5.38. The van der Waals surface area contributed by atoms with Crippen LogP contribution in [0.1, 0.15) is 33.1 Å². The summed E-state index contributed by atoms with van der Waals surface area (Å²) in [5, 5.41) is 21.6. The van der Waals surface area contributed by atoms with Crippen molar-refractivity contribution in [3.8, 4) is 11.5 Å². The van der Waals surface area contributed by atoms with E-state index in [2.05, 4.69) is 0 Å². The molecule has 0 bridgehead atoms. The molecule has 2 N–H and O–H groups in total. The van der Waals surface area contributed by atoms with Crippen molar-refractivity contribution in [2.45, 2.75) is 12.2 Å². The second kappa shape index (κ2) is 7.70. The van der Waals surface area contributed by atoms with Crippen LogP contribution in [0.15, 0.2) is 60.7 Å². The fourth-order valence-corrected chi connectivity index (χ4v) is 4.02. The van der Waals surface area contributed by atoms with Crippen LogP contribution in [0, 0.1) is 0 Å². The standard InChI is InChI=1S/C20H20O4S/c1-23-17-18(24-2)20(16(22)14-11-7-4-8-12-14)25-19(17)15(21)13-9-5-3-6-10-13/h3-12,15-16,21-22H,1-2H3. The van der Waals surface area contributed by atoms with Gasteiger partial charge in [0.05, 0.1) is 24.0 Å². The summed E-state index contributed by atoms with van der Waals surface area (Å²) >= 11 is 1.29. The zero-order valence-corrected chi connectivity index (χ0v) is 14.9. The predicted molar refractivity (Wildman–Crippen MR) is 98.4 cm³/mol. The molecule has 0 aliphatic rings. The minimum absolute atomic E-state index is 0.453. The number of aliphatic hydroxyl groups excluding tert-OH is 2. The summed E-state index contributed by atoms with van der Waals surface area (Å²) < 4.78 is 11.0. The molecule has 25 heavy (non-hydrogen) atoms. The molecule has 130 valence electrons. The van der Waals surface area contributed by atoms with Gasteiger partial charge < -0.3 is 19.7 Å². The van der Waals surface area contributed by atoms with Gasteiger partial charge in [-0.15, -0.1) is 11.3 Å². The smallest absolute Gasteiger partial charge is 0.178 e. The summed E-state index contributed by atoms with van der Waals surface area (Å²) in [5.74, 6) is 0.905. The van der Waals surface area contributed by atoms with Crippen molar-refractivity contribution in [3.63, 3.8) is 0 Å². The van der Waals surface area contributed by atoms with E-state index in [4.69, 9.17) is 9.47 Å². The third-order valence-corrected chi connectivity index (χ3v) is 5.27. The Morgan fingerprint density at radius 2 is 1.04 bits per heavy atom. The summed E-state index contributed by atoms with van der Waals surface area (Å²) in [4.78, 5) is 1.21. The average Bonchev–Trinajstić information content (AvgIpc) is 3.06. The van der Waals surface area contributed by atoms with E-state index in [0.29, 0.717) is 21.3 Å². The highest BCUT2D eigenvalue weighted by Crippen LogP contribution is 2.49. The first-order chi connectivity index (χ1) is 12.2. The van der Waals surface area contributed by atoms with E-state index >= 15 is 0 Å². The number of aliphatic hydroxyl groups is 2. The van der Waals surface area contributed by atoms with E-state index in [1.807, 2.05) is 60.7 Å². The van der Waals surface area contributed by atoms with E-state index in [9.17, 15) is 10.2 Å². The lowest BCUT2D eigenvalue weighted by Crippen LogP contribution is -2.00. The first-order valence-corrected chi connectivity index (χ1v) is 8.69.